The third kappa shape index (κ3) is 4.72. The van der Waals surface area contributed by atoms with Crippen LogP contribution in [0.25, 0.3) is 11.3 Å². The normalized spacial score (nSPS) is 13.2. The van der Waals surface area contributed by atoms with Crippen molar-refractivity contribution < 1.29 is 13.2 Å². The maximum Gasteiger partial charge on any atom is 0.261 e. The Morgan fingerprint density at radius 2 is 1.59 bits per heavy atom. The molecule has 0 radical (unpaired) electrons. The molecule has 8 heteroatoms. The largest absolute Gasteiger partial charge is 0.334 e. The Balaban J connectivity index is 1.25. The van der Waals surface area contributed by atoms with Gasteiger partial charge in [0, 0.05) is 41.7 Å². The molecule has 0 bridgehead atoms. The van der Waals surface area contributed by atoms with Crippen molar-refractivity contribution >= 4 is 27.3 Å². The summed E-state index contributed by atoms with van der Waals surface area (Å²) < 4.78 is 29.9. The third-order valence-electron chi connectivity index (χ3n) is 5.80. The van der Waals surface area contributed by atoms with E-state index < -0.39 is 10.0 Å². The molecule has 2 N–H and O–H groups in total. The standard InChI is InChI=1S/C26H24N4O3S/c31-26(20-11-15-23(16-12-20)34(32,33)29-22-6-2-1-3-7-22)27-21-13-9-19(10-14-21)24-18-30-17-5-4-8-25(30)28-24/h1-3,6-7,9-16,18,29H,4-5,8,17H2,(H,27,31). The number of amides is 1. The van der Waals surface area contributed by atoms with Crippen molar-refractivity contribution in [3.63, 3.8) is 0 Å². The van der Waals surface area contributed by atoms with E-state index in [9.17, 15) is 13.2 Å². The average molecular weight is 473 g/mol. The molecule has 0 unspecified atom stereocenters. The minimum absolute atomic E-state index is 0.0834. The number of rotatable bonds is 6. The number of fused-ring (bicyclic) bond motifs is 1. The second-order valence-corrected chi connectivity index (χ2v) is 9.90. The Kier molecular flexibility index (Phi) is 5.90. The Morgan fingerprint density at radius 3 is 2.29 bits per heavy atom. The van der Waals surface area contributed by atoms with Crippen molar-refractivity contribution in [3.05, 3.63) is 96.4 Å². The number of carbonyl (C=O) groups excluding carboxylic acids is 1. The Morgan fingerprint density at radius 1 is 0.853 bits per heavy atom. The summed E-state index contributed by atoms with van der Waals surface area (Å²) >= 11 is 0. The monoisotopic (exact) mass is 472 g/mol. The molecule has 3 aromatic carbocycles. The maximum atomic E-state index is 12.7. The van der Waals surface area contributed by atoms with E-state index in [1.54, 1.807) is 24.3 Å². The number of carbonyl (C=O) groups is 1. The van der Waals surface area contributed by atoms with Gasteiger partial charge < -0.3 is 9.88 Å². The molecule has 0 atom stereocenters. The lowest BCUT2D eigenvalue weighted by Gasteiger charge is -2.11. The Hall–Kier alpha value is -3.91. The number of nitrogens with zero attached hydrogens (tertiary/aromatic N) is 2. The van der Waals surface area contributed by atoms with Gasteiger partial charge in [0.1, 0.15) is 5.82 Å². The maximum absolute atomic E-state index is 12.7. The van der Waals surface area contributed by atoms with E-state index in [4.69, 9.17) is 4.98 Å². The fraction of sp³-hybridized carbons (Fsp3) is 0.154. The van der Waals surface area contributed by atoms with E-state index in [-0.39, 0.29) is 10.8 Å². The lowest BCUT2D eigenvalue weighted by molar-refractivity contribution is 0.102. The number of nitrogens with one attached hydrogen (secondary N) is 2. The van der Waals surface area contributed by atoms with Crippen molar-refractivity contribution in [2.75, 3.05) is 10.0 Å². The molecular formula is C26H24N4O3S. The molecule has 34 heavy (non-hydrogen) atoms. The smallest absolute Gasteiger partial charge is 0.261 e. The fourth-order valence-electron chi connectivity index (χ4n) is 3.99. The number of aryl methyl sites for hydroxylation is 2. The highest BCUT2D eigenvalue weighted by Crippen LogP contribution is 2.24. The van der Waals surface area contributed by atoms with E-state index >= 15 is 0 Å². The first-order valence-electron chi connectivity index (χ1n) is 11.1. The molecule has 4 aromatic rings. The number of hydrogen-bond donors (Lipinski definition) is 2. The van der Waals surface area contributed by atoms with Crippen molar-refractivity contribution in [2.45, 2.75) is 30.7 Å². The van der Waals surface area contributed by atoms with Gasteiger partial charge in [0.25, 0.3) is 15.9 Å². The van der Waals surface area contributed by atoms with E-state index in [0.717, 1.165) is 30.0 Å². The number of benzene rings is 3. The summed E-state index contributed by atoms with van der Waals surface area (Å²) in [4.78, 5) is 17.5. The average Bonchev–Trinajstić information content (AvgIpc) is 3.29. The van der Waals surface area contributed by atoms with Crippen LogP contribution in [-0.2, 0) is 23.0 Å². The molecule has 1 aromatic heterocycles. The van der Waals surface area contributed by atoms with Crippen molar-refractivity contribution in [1.29, 1.82) is 0 Å². The van der Waals surface area contributed by atoms with Crippen LogP contribution in [-0.4, -0.2) is 23.9 Å². The van der Waals surface area contributed by atoms with Crippen LogP contribution in [0.5, 0.6) is 0 Å². The number of hydrogen-bond acceptors (Lipinski definition) is 4. The van der Waals surface area contributed by atoms with Crippen LogP contribution in [0.2, 0.25) is 0 Å². The second-order valence-electron chi connectivity index (χ2n) is 8.22. The predicted molar refractivity (Wildman–Crippen MR) is 132 cm³/mol. The van der Waals surface area contributed by atoms with Gasteiger partial charge in [0.2, 0.25) is 0 Å². The number of para-hydroxylation sites is 1. The minimum atomic E-state index is -3.74. The number of imidazole rings is 1. The summed E-state index contributed by atoms with van der Waals surface area (Å²) in [7, 11) is -3.74. The molecule has 2 heterocycles. The molecule has 0 saturated heterocycles. The first-order chi connectivity index (χ1) is 16.5. The summed E-state index contributed by atoms with van der Waals surface area (Å²) in [5, 5.41) is 2.85. The molecule has 1 aliphatic rings. The zero-order chi connectivity index (χ0) is 23.5. The van der Waals surface area contributed by atoms with Crippen LogP contribution in [0.3, 0.4) is 0 Å². The Bertz CT molecular complexity index is 1390. The molecule has 1 aliphatic heterocycles. The number of aromatic nitrogens is 2. The highest BCUT2D eigenvalue weighted by atomic mass is 32.2. The van der Waals surface area contributed by atoms with Gasteiger partial charge in [-0.1, -0.05) is 30.3 Å². The SMILES string of the molecule is O=C(Nc1ccc(-c2cn3c(n2)CCCC3)cc1)c1ccc(S(=O)(=O)Nc2ccccc2)cc1. The molecule has 0 fully saturated rings. The van der Waals surface area contributed by atoms with Crippen LogP contribution in [0.4, 0.5) is 11.4 Å². The number of sulfonamides is 1. The first-order valence-corrected chi connectivity index (χ1v) is 12.6. The summed E-state index contributed by atoms with van der Waals surface area (Å²) in [5.41, 5.74) is 3.43. The van der Waals surface area contributed by atoms with E-state index in [1.165, 1.54) is 37.1 Å². The zero-order valence-electron chi connectivity index (χ0n) is 18.4. The lowest BCUT2D eigenvalue weighted by Crippen LogP contribution is -2.14. The molecular weight excluding hydrogens is 448 g/mol. The van der Waals surface area contributed by atoms with Gasteiger partial charge in [-0.15, -0.1) is 0 Å². The summed E-state index contributed by atoms with van der Waals surface area (Å²) in [6.45, 7) is 1.01. The van der Waals surface area contributed by atoms with Gasteiger partial charge in [0.05, 0.1) is 10.6 Å². The van der Waals surface area contributed by atoms with Crippen LogP contribution in [0, 0.1) is 0 Å². The van der Waals surface area contributed by atoms with Gasteiger partial charge in [-0.2, -0.15) is 0 Å². The molecule has 0 spiro atoms. The molecule has 7 nitrogen and oxygen atoms in total. The summed E-state index contributed by atoms with van der Waals surface area (Å²) in [6, 6.07) is 22.1. The van der Waals surface area contributed by atoms with E-state index in [1.807, 2.05) is 30.3 Å². The van der Waals surface area contributed by atoms with Crippen LogP contribution >= 0.6 is 0 Å². The summed E-state index contributed by atoms with van der Waals surface area (Å²) in [6.07, 6.45) is 5.46. The lowest BCUT2D eigenvalue weighted by atomic mass is 10.1. The van der Waals surface area contributed by atoms with E-state index in [0.29, 0.717) is 16.9 Å². The Labute approximate surface area is 198 Å². The van der Waals surface area contributed by atoms with Gasteiger partial charge in [-0.05, 0) is 61.4 Å². The second kappa shape index (κ2) is 9.15. The molecule has 0 aliphatic carbocycles. The third-order valence-corrected chi connectivity index (χ3v) is 7.20. The topological polar surface area (TPSA) is 93.1 Å². The van der Waals surface area contributed by atoms with Gasteiger partial charge >= 0.3 is 0 Å². The molecule has 1 amide bonds. The molecule has 5 rings (SSSR count). The minimum Gasteiger partial charge on any atom is -0.334 e. The zero-order valence-corrected chi connectivity index (χ0v) is 19.3. The highest BCUT2D eigenvalue weighted by Gasteiger charge is 2.16. The van der Waals surface area contributed by atoms with Crippen LogP contribution < -0.4 is 10.0 Å². The predicted octanol–water partition coefficient (Wildman–Crippen LogP) is 4.94. The fourth-order valence-corrected chi connectivity index (χ4v) is 5.04. The van der Waals surface area contributed by atoms with Crippen LogP contribution in [0.1, 0.15) is 29.0 Å². The number of anilines is 2. The van der Waals surface area contributed by atoms with Crippen LogP contribution in [0.15, 0.2) is 90.0 Å². The van der Waals surface area contributed by atoms with Crippen molar-refractivity contribution in [1.82, 2.24) is 9.55 Å². The first kappa shape index (κ1) is 21.9. The van der Waals surface area contributed by atoms with Gasteiger partial charge in [-0.25, -0.2) is 13.4 Å². The quantitative estimate of drug-likeness (QED) is 0.416. The van der Waals surface area contributed by atoms with E-state index in [2.05, 4.69) is 20.8 Å². The molecule has 172 valence electrons. The van der Waals surface area contributed by atoms with Crippen molar-refractivity contribution in [2.24, 2.45) is 0 Å². The van der Waals surface area contributed by atoms with Gasteiger partial charge in [0.15, 0.2) is 0 Å². The molecule has 0 saturated carbocycles. The highest BCUT2D eigenvalue weighted by molar-refractivity contribution is 7.92. The van der Waals surface area contributed by atoms with Crippen molar-refractivity contribution in [3.8, 4) is 11.3 Å². The van der Waals surface area contributed by atoms with Gasteiger partial charge in [-0.3, -0.25) is 9.52 Å². The summed E-state index contributed by atoms with van der Waals surface area (Å²) in [5.74, 6) is 0.813.